The van der Waals surface area contributed by atoms with Gasteiger partial charge in [-0.2, -0.15) is 18.4 Å². The molecule has 0 radical (unpaired) electrons. The highest BCUT2D eigenvalue weighted by molar-refractivity contribution is 5.79. The zero-order valence-electron chi connectivity index (χ0n) is 9.35. The molecule has 0 aromatic heterocycles. The molecule has 8 heteroatoms. The van der Waals surface area contributed by atoms with Gasteiger partial charge < -0.3 is 15.9 Å². The summed E-state index contributed by atoms with van der Waals surface area (Å²) in [6, 6.07) is 3.43. The Labute approximate surface area is 105 Å². The van der Waals surface area contributed by atoms with Crippen molar-refractivity contribution in [3.8, 4) is 6.07 Å². The molecule has 5 nitrogen and oxygen atoms in total. The van der Waals surface area contributed by atoms with Crippen molar-refractivity contribution >= 4 is 5.91 Å². The summed E-state index contributed by atoms with van der Waals surface area (Å²) in [4.78, 5) is 10.7. The smallest absolute Gasteiger partial charge is 0.385 e. The van der Waals surface area contributed by atoms with Gasteiger partial charge in [0.05, 0.1) is 17.2 Å². The third kappa shape index (κ3) is 3.21. The van der Waals surface area contributed by atoms with E-state index in [4.69, 9.17) is 11.0 Å². The Morgan fingerprint density at radius 1 is 1.37 bits per heavy atom. The molecule has 0 fully saturated rings. The number of benzene rings is 1. The van der Waals surface area contributed by atoms with E-state index in [0.717, 1.165) is 6.07 Å². The lowest BCUT2D eigenvalue weighted by atomic mass is 9.97. The lowest BCUT2D eigenvalue weighted by Gasteiger charge is -2.17. The summed E-state index contributed by atoms with van der Waals surface area (Å²) in [6.45, 7) is 0. The van der Waals surface area contributed by atoms with Crippen LogP contribution in [0.1, 0.15) is 22.8 Å². The minimum atomic E-state index is -4.64. The largest absolute Gasteiger partial charge is 0.416 e. The van der Waals surface area contributed by atoms with Gasteiger partial charge in [-0.3, -0.25) is 4.79 Å². The Morgan fingerprint density at radius 2 is 1.95 bits per heavy atom. The lowest BCUT2D eigenvalue weighted by Crippen LogP contribution is -2.34. The number of nitrogens with two attached hydrogens (primary N) is 1. The number of hydrogen-bond acceptors (Lipinski definition) is 4. The van der Waals surface area contributed by atoms with Crippen molar-refractivity contribution in [2.45, 2.75) is 18.4 Å². The molecule has 2 atom stereocenters. The predicted molar refractivity (Wildman–Crippen MR) is 56.3 cm³/mol. The van der Waals surface area contributed by atoms with Crippen molar-refractivity contribution in [3.63, 3.8) is 0 Å². The van der Waals surface area contributed by atoms with Gasteiger partial charge in [-0.1, -0.05) is 6.07 Å². The van der Waals surface area contributed by atoms with E-state index < -0.39 is 35.4 Å². The second kappa shape index (κ2) is 5.26. The van der Waals surface area contributed by atoms with Crippen molar-refractivity contribution in [2.75, 3.05) is 0 Å². The average molecular weight is 274 g/mol. The highest BCUT2D eigenvalue weighted by Crippen LogP contribution is 2.32. The van der Waals surface area contributed by atoms with Crippen LogP contribution in [0.15, 0.2) is 18.2 Å². The second-order valence-electron chi connectivity index (χ2n) is 3.70. The van der Waals surface area contributed by atoms with Crippen LogP contribution in [0.25, 0.3) is 0 Å². The Morgan fingerprint density at radius 3 is 2.37 bits per heavy atom. The molecule has 1 aromatic rings. The van der Waals surface area contributed by atoms with Crippen LogP contribution in [-0.4, -0.2) is 22.2 Å². The maximum Gasteiger partial charge on any atom is 0.416 e. The van der Waals surface area contributed by atoms with Crippen LogP contribution in [0.5, 0.6) is 0 Å². The molecule has 0 bridgehead atoms. The van der Waals surface area contributed by atoms with Crippen molar-refractivity contribution in [2.24, 2.45) is 5.73 Å². The number of aliphatic hydroxyl groups excluding tert-OH is 2. The number of carbonyl (C=O) groups is 1. The first-order chi connectivity index (χ1) is 8.68. The van der Waals surface area contributed by atoms with E-state index in [0.29, 0.717) is 12.1 Å². The molecular formula is C11H9F3N2O3. The normalized spacial score (nSPS) is 14.5. The summed E-state index contributed by atoms with van der Waals surface area (Å²) in [5, 5.41) is 27.6. The van der Waals surface area contributed by atoms with Gasteiger partial charge >= 0.3 is 6.18 Å². The van der Waals surface area contributed by atoms with Crippen LogP contribution in [0, 0.1) is 11.3 Å². The minimum absolute atomic E-state index is 0.304. The molecule has 0 saturated heterocycles. The molecule has 0 spiro atoms. The standard InChI is InChI=1S/C11H9F3N2O3/c12-11(13,14)6-1-2-7(5(3-6)4-15)8(17)9(18)10(16)19/h1-3,8-9,17-18H,(H2,16,19). The molecule has 102 valence electrons. The first kappa shape index (κ1) is 14.9. The van der Waals surface area contributed by atoms with Gasteiger partial charge in [0, 0.05) is 5.56 Å². The number of halogens is 3. The maximum atomic E-state index is 12.4. The number of amides is 1. The van der Waals surface area contributed by atoms with E-state index in [2.05, 4.69) is 0 Å². The molecule has 0 heterocycles. The monoisotopic (exact) mass is 274 g/mol. The average Bonchev–Trinajstić information content (AvgIpc) is 2.34. The number of aliphatic hydroxyl groups is 2. The molecule has 1 amide bonds. The van der Waals surface area contributed by atoms with Crippen molar-refractivity contribution in [1.82, 2.24) is 0 Å². The lowest BCUT2D eigenvalue weighted by molar-refractivity contribution is -0.137. The molecular weight excluding hydrogens is 265 g/mol. The number of alkyl halides is 3. The minimum Gasteiger partial charge on any atom is -0.385 e. The van der Waals surface area contributed by atoms with Gasteiger partial charge in [-0.05, 0) is 12.1 Å². The predicted octanol–water partition coefficient (Wildman–Crippen LogP) is 0.457. The van der Waals surface area contributed by atoms with Gasteiger partial charge in [0.2, 0.25) is 5.91 Å². The van der Waals surface area contributed by atoms with E-state index in [9.17, 15) is 28.2 Å². The number of rotatable bonds is 3. The summed E-state index contributed by atoms with van der Waals surface area (Å²) in [5.41, 5.74) is 2.88. The molecule has 4 N–H and O–H groups in total. The Bertz CT molecular complexity index is 537. The fraction of sp³-hybridized carbons (Fsp3) is 0.273. The first-order valence-electron chi connectivity index (χ1n) is 4.95. The Balaban J connectivity index is 3.25. The van der Waals surface area contributed by atoms with Crippen molar-refractivity contribution < 1.29 is 28.2 Å². The number of primary amides is 1. The molecule has 0 aliphatic heterocycles. The SMILES string of the molecule is N#Cc1cc(C(F)(F)F)ccc1C(O)C(O)C(N)=O. The van der Waals surface area contributed by atoms with Gasteiger partial charge in [0.1, 0.15) is 6.10 Å². The van der Waals surface area contributed by atoms with Crippen LogP contribution < -0.4 is 5.73 Å². The molecule has 0 saturated carbocycles. The molecule has 1 aromatic carbocycles. The fourth-order valence-corrected chi connectivity index (χ4v) is 1.41. The van der Waals surface area contributed by atoms with E-state index in [-0.39, 0.29) is 5.56 Å². The molecule has 19 heavy (non-hydrogen) atoms. The zero-order valence-corrected chi connectivity index (χ0v) is 9.35. The zero-order chi connectivity index (χ0) is 14.8. The van der Waals surface area contributed by atoms with E-state index in [1.165, 1.54) is 6.07 Å². The Hall–Kier alpha value is -2.11. The van der Waals surface area contributed by atoms with Crippen LogP contribution in [0.4, 0.5) is 13.2 Å². The number of nitrogens with zero attached hydrogens (tertiary/aromatic N) is 1. The van der Waals surface area contributed by atoms with Crippen molar-refractivity contribution in [3.05, 3.63) is 34.9 Å². The van der Waals surface area contributed by atoms with Gasteiger partial charge in [-0.15, -0.1) is 0 Å². The number of nitriles is 1. The van der Waals surface area contributed by atoms with E-state index in [1.807, 2.05) is 0 Å². The highest BCUT2D eigenvalue weighted by Gasteiger charge is 2.32. The summed E-state index contributed by atoms with van der Waals surface area (Å²) in [5.74, 6) is -1.25. The first-order valence-corrected chi connectivity index (χ1v) is 4.95. The van der Waals surface area contributed by atoms with Gasteiger partial charge in [0.15, 0.2) is 6.10 Å². The Kier molecular flexibility index (Phi) is 4.14. The van der Waals surface area contributed by atoms with E-state index >= 15 is 0 Å². The third-order valence-electron chi connectivity index (χ3n) is 2.41. The van der Waals surface area contributed by atoms with Crippen LogP contribution in [-0.2, 0) is 11.0 Å². The summed E-state index contributed by atoms with van der Waals surface area (Å²) >= 11 is 0. The summed E-state index contributed by atoms with van der Waals surface area (Å²) in [6.07, 6.45) is -8.52. The van der Waals surface area contributed by atoms with E-state index in [1.54, 1.807) is 0 Å². The number of hydrogen-bond donors (Lipinski definition) is 3. The van der Waals surface area contributed by atoms with Crippen LogP contribution in [0.2, 0.25) is 0 Å². The quantitative estimate of drug-likeness (QED) is 0.744. The van der Waals surface area contributed by atoms with Gasteiger partial charge in [0.25, 0.3) is 0 Å². The molecule has 0 aliphatic rings. The van der Waals surface area contributed by atoms with Crippen LogP contribution >= 0.6 is 0 Å². The van der Waals surface area contributed by atoms with Crippen LogP contribution in [0.3, 0.4) is 0 Å². The highest BCUT2D eigenvalue weighted by atomic mass is 19.4. The fourth-order valence-electron chi connectivity index (χ4n) is 1.41. The summed E-state index contributed by atoms with van der Waals surface area (Å²) < 4.78 is 37.3. The summed E-state index contributed by atoms with van der Waals surface area (Å²) in [7, 11) is 0. The molecule has 1 rings (SSSR count). The topological polar surface area (TPSA) is 107 Å². The number of carbonyl (C=O) groups excluding carboxylic acids is 1. The maximum absolute atomic E-state index is 12.4. The molecule has 2 unspecified atom stereocenters. The molecule has 0 aliphatic carbocycles. The van der Waals surface area contributed by atoms with Gasteiger partial charge in [-0.25, -0.2) is 0 Å². The second-order valence-corrected chi connectivity index (χ2v) is 3.70. The van der Waals surface area contributed by atoms with Crippen molar-refractivity contribution in [1.29, 1.82) is 5.26 Å². The third-order valence-corrected chi connectivity index (χ3v) is 2.41.